The van der Waals surface area contributed by atoms with Gasteiger partial charge in [0.1, 0.15) is 0 Å². The molecular weight excluding hydrogens is 162 g/mol. The van der Waals surface area contributed by atoms with Crippen LogP contribution in [0, 0.1) is 0 Å². The summed E-state index contributed by atoms with van der Waals surface area (Å²) in [6.07, 6.45) is 1.30. The van der Waals surface area contributed by atoms with Crippen LogP contribution in [0.5, 0.6) is 0 Å². The zero-order chi connectivity index (χ0) is 9.68. The van der Waals surface area contributed by atoms with Gasteiger partial charge in [-0.25, -0.2) is 0 Å². The Labute approximate surface area is 79.4 Å². The number of aliphatic hydroxyl groups excluding tert-OH is 1. The first kappa shape index (κ1) is 10.2. The molecule has 0 aromatic heterocycles. The Morgan fingerprint density at radius 1 is 1.31 bits per heavy atom. The van der Waals surface area contributed by atoms with Crippen LogP contribution in [0.4, 0.5) is 0 Å². The molecule has 2 nitrogen and oxygen atoms in total. The quantitative estimate of drug-likeness (QED) is 0.741. The Hall–Kier alpha value is -0.860. The molecule has 0 aliphatic carbocycles. The summed E-state index contributed by atoms with van der Waals surface area (Å²) in [5, 5.41) is 9.65. The van der Waals surface area contributed by atoms with Crippen LogP contribution < -0.4 is 5.73 Å². The lowest BCUT2D eigenvalue weighted by Crippen LogP contribution is -2.25. The molecule has 2 atom stereocenters. The molecule has 13 heavy (non-hydrogen) atoms. The summed E-state index contributed by atoms with van der Waals surface area (Å²) in [5.41, 5.74) is 6.88. The Kier molecular flexibility index (Phi) is 3.93. The largest absolute Gasteiger partial charge is 0.391 e. The number of rotatable bonds is 4. The maximum absolute atomic E-state index is 9.65. The van der Waals surface area contributed by atoms with Crippen molar-refractivity contribution in [2.24, 2.45) is 5.73 Å². The predicted octanol–water partition coefficient (Wildman–Crippen LogP) is 1.85. The molecule has 1 aromatic carbocycles. The highest BCUT2D eigenvalue weighted by Crippen LogP contribution is 2.16. The molecule has 0 saturated heterocycles. The minimum Gasteiger partial charge on any atom is -0.391 e. The monoisotopic (exact) mass is 179 g/mol. The van der Waals surface area contributed by atoms with Crippen LogP contribution in [0.25, 0.3) is 0 Å². The van der Waals surface area contributed by atoms with Gasteiger partial charge in [0, 0.05) is 0 Å². The fourth-order valence-corrected chi connectivity index (χ4v) is 1.37. The van der Waals surface area contributed by atoms with Crippen LogP contribution in [0.1, 0.15) is 31.4 Å². The van der Waals surface area contributed by atoms with Gasteiger partial charge in [-0.3, -0.25) is 0 Å². The van der Waals surface area contributed by atoms with Crippen LogP contribution in [0.15, 0.2) is 30.3 Å². The average molecular weight is 179 g/mol. The molecule has 0 aliphatic heterocycles. The van der Waals surface area contributed by atoms with Gasteiger partial charge in [0.05, 0.1) is 12.1 Å². The van der Waals surface area contributed by atoms with Crippen LogP contribution in [-0.4, -0.2) is 11.2 Å². The summed E-state index contributed by atoms with van der Waals surface area (Å²) >= 11 is 0. The Morgan fingerprint density at radius 2 is 1.92 bits per heavy atom. The second kappa shape index (κ2) is 5.00. The zero-order valence-electron chi connectivity index (χ0n) is 7.98. The van der Waals surface area contributed by atoms with Crippen LogP contribution in [0.2, 0.25) is 0 Å². The number of hydrogen-bond donors (Lipinski definition) is 2. The smallest absolute Gasteiger partial charge is 0.0732 e. The molecule has 0 aliphatic rings. The van der Waals surface area contributed by atoms with E-state index in [2.05, 4.69) is 0 Å². The highest BCUT2D eigenvalue weighted by Gasteiger charge is 2.14. The fraction of sp³-hybridized carbons (Fsp3) is 0.455. The van der Waals surface area contributed by atoms with E-state index in [0.29, 0.717) is 0 Å². The summed E-state index contributed by atoms with van der Waals surface area (Å²) in [4.78, 5) is 0. The normalized spacial score (nSPS) is 15.3. The van der Waals surface area contributed by atoms with Crippen LogP contribution in [-0.2, 0) is 0 Å². The molecule has 0 spiro atoms. The highest BCUT2D eigenvalue weighted by atomic mass is 16.3. The van der Waals surface area contributed by atoms with Gasteiger partial charge in [0.15, 0.2) is 0 Å². The summed E-state index contributed by atoms with van der Waals surface area (Å²) in [5.74, 6) is 0. The lowest BCUT2D eigenvalue weighted by Gasteiger charge is -2.18. The van der Waals surface area contributed by atoms with Crippen molar-refractivity contribution in [1.82, 2.24) is 0 Å². The number of nitrogens with two attached hydrogens (primary N) is 1. The Bertz CT molecular complexity index is 235. The molecule has 0 heterocycles. The maximum Gasteiger partial charge on any atom is 0.0732 e. The molecule has 0 amide bonds. The van der Waals surface area contributed by atoms with E-state index in [1.807, 2.05) is 37.3 Å². The van der Waals surface area contributed by atoms with Gasteiger partial charge >= 0.3 is 0 Å². The molecule has 2 unspecified atom stereocenters. The van der Waals surface area contributed by atoms with E-state index in [9.17, 15) is 5.11 Å². The third-order valence-corrected chi connectivity index (χ3v) is 2.18. The second-order valence-corrected chi connectivity index (χ2v) is 3.29. The number of benzene rings is 1. The van der Waals surface area contributed by atoms with Gasteiger partial charge < -0.3 is 10.8 Å². The molecule has 0 bridgehead atoms. The summed E-state index contributed by atoms with van der Waals surface area (Å²) in [6, 6.07) is 9.47. The molecule has 2 heteroatoms. The lowest BCUT2D eigenvalue weighted by molar-refractivity contribution is 0.134. The standard InChI is InChI=1S/C11H17NO/c1-2-6-10(13)11(12)9-7-4-3-5-8-9/h3-5,7-8,10-11,13H,2,6,12H2,1H3. The highest BCUT2D eigenvalue weighted by molar-refractivity contribution is 5.19. The van der Waals surface area contributed by atoms with Crippen molar-refractivity contribution < 1.29 is 5.11 Å². The van der Waals surface area contributed by atoms with E-state index >= 15 is 0 Å². The van der Waals surface area contributed by atoms with Crippen molar-refractivity contribution in [2.45, 2.75) is 31.9 Å². The van der Waals surface area contributed by atoms with Gasteiger partial charge in [-0.1, -0.05) is 43.7 Å². The first-order valence-corrected chi connectivity index (χ1v) is 4.74. The molecule has 0 fully saturated rings. The molecular formula is C11H17NO. The first-order valence-electron chi connectivity index (χ1n) is 4.74. The maximum atomic E-state index is 9.65. The van der Waals surface area contributed by atoms with Gasteiger partial charge in [0.25, 0.3) is 0 Å². The number of hydrogen-bond acceptors (Lipinski definition) is 2. The van der Waals surface area contributed by atoms with Crippen LogP contribution >= 0.6 is 0 Å². The van der Waals surface area contributed by atoms with E-state index in [-0.39, 0.29) is 6.04 Å². The van der Waals surface area contributed by atoms with Crippen molar-refractivity contribution in [3.63, 3.8) is 0 Å². The zero-order valence-corrected chi connectivity index (χ0v) is 7.98. The SMILES string of the molecule is CCCC(O)C(N)c1ccccc1. The van der Waals surface area contributed by atoms with Gasteiger partial charge in [-0.15, -0.1) is 0 Å². The van der Waals surface area contributed by atoms with Crippen molar-refractivity contribution in [1.29, 1.82) is 0 Å². The van der Waals surface area contributed by atoms with Crippen molar-refractivity contribution in [3.05, 3.63) is 35.9 Å². The first-order chi connectivity index (χ1) is 6.25. The summed E-state index contributed by atoms with van der Waals surface area (Å²) < 4.78 is 0. The third kappa shape index (κ3) is 2.83. The van der Waals surface area contributed by atoms with Crippen molar-refractivity contribution in [2.75, 3.05) is 0 Å². The van der Waals surface area contributed by atoms with Gasteiger partial charge in [-0.2, -0.15) is 0 Å². The molecule has 0 radical (unpaired) electrons. The van der Waals surface area contributed by atoms with Crippen molar-refractivity contribution >= 4 is 0 Å². The topological polar surface area (TPSA) is 46.2 Å². The van der Waals surface area contributed by atoms with E-state index < -0.39 is 6.10 Å². The lowest BCUT2D eigenvalue weighted by atomic mass is 9.99. The van der Waals surface area contributed by atoms with Gasteiger partial charge in [0.2, 0.25) is 0 Å². The van der Waals surface area contributed by atoms with E-state index in [1.54, 1.807) is 0 Å². The molecule has 0 saturated carbocycles. The molecule has 1 aromatic rings. The second-order valence-electron chi connectivity index (χ2n) is 3.29. The minimum absolute atomic E-state index is 0.249. The van der Waals surface area contributed by atoms with E-state index in [0.717, 1.165) is 18.4 Å². The number of aliphatic hydroxyl groups is 1. The molecule has 1 rings (SSSR count). The minimum atomic E-state index is -0.424. The third-order valence-electron chi connectivity index (χ3n) is 2.18. The summed E-state index contributed by atoms with van der Waals surface area (Å²) in [7, 11) is 0. The fourth-order valence-electron chi connectivity index (χ4n) is 1.37. The van der Waals surface area contributed by atoms with E-state index in [1.165, 1.54) is 0 Å². The Morgan fingerprint density at radius 3 is 2.46 bits per heavy atom. The van der Waals surface area contributed by atoms with Crippen molar-refractivity contribution in [3.8, 4) is 0 Å². The Balaban J connectivity index is 2.62. The predicted molar refractivity (Wildman–Crippen MR) is 54.3 cm³/mol. The average Bonchev–Trinajstić information content (AvgIpc) is 2.18. The molecule has 3 N–H and O–H groups in total. The summed E-state index contributed by atoms with van der Waals surface area (Å²) in [6.45, 7) is 2.04. The van der Waals surface area contributed by atoms with E-state index in [4.69, 9.17) is 5.73 Å². The molecule has 72 valence electrons. The van der Waals surface area contributed by atoms with Gasteiger partial charge in [-0.05, 0) is 12.0 Å². The van der Waals surface area contributed by atoms with Crippen LogP contribution in [0.3, 0.4) is 0 Å².